The van der Waals surface area contributed by atoms with Crippen molar-refractivity contribution >= 4 is 5.69 Å². The Labute approximate surface area is 124 Å². The largest absolute Gasteiger partial charge is 0.497 e. The fourth-order valence-electron chi connectivity index (χ4n) is 2.40. The van der Waals surface area contributed by atoms with E-state index in [1.165, 1.54) is 0 Å². The number of ether oxygens (including phenoxy) is 3. The van der Waals surface area contributed by atoms with E-state index in [2.05, 4.69) is 5.32 Å². The molecule has 1 saturated heterocycles. The average molecular weight is 285 g/mol. The fourth-order valence-corrected chi connectivity index (χ4v) is 2.40. The van der Waals surface area contributed by atoms with E-state index in [9.17, 15) is 0 Å². The van der Waals surface area contributed by atoms with Gasteiger partial charge in [0.05, 0.1) is 20.3 Å². The van der Waals surface area contributed by atoms with E-state index in [4.69, 9.17) is 14.2 Å². The van der Waals surface area contributed by atoms with Crippen LogP contribution in [-0.4, -0.2) is 26.6 Å². The summed E-state index contributed by atoms with van der Waals surface area (Å²) in [7, 11) is 1.66. The number of nitrogens with one attached hydrogen (secondary N) is 1. The average Bonchev–Trinajstić information content (AvgIpc) is 3.08. The van der Waals surface area contributed by atoms with Gasteiger partial charge in [0.2, 0.25) is 0 Å². The zero-order valence-electron chi connectivity index (χ0n) is 12.0. The molecule has 2 aromatic rings. The lowest BCUT2D eigenvalue weighted by molar-refractivity contribution is -0.0549. The molecular weight excluding hydrogens is 266 g/mol. The molecule has 1 atom stereocenters. The first kappa shape index (κ1) is 13.9. The predicted octanol–water partition coefficient (Wildman–Crippen LogP) is 3.22. The van der Waals surface area contributed by atoms with Crippen LogP contribution in [0.5, 0.6) is 5.75 Å². The summed E-state index contributed by atoms with van der Waals surface area (Å²) >= 11 is 0. The summed E-state index contributed by atoms with van der Waals surface area (Å²) in [6.45, 7) is 1.27. The molecule has 110 valence electrons. The number of hydrogen-bond donors (Lipinski definition) is 1. The lowest BCUT2D eigenvalue weighted by Crippen LogP contribution is -2.26. The predicted molar refractivity (Wildman–Crippen MR) is 81.5 cm³/mol. The molecule has 0 spiro atoms. The monoisotopic (exact) mass is 285 g/mol. The highest BCUT2D eigenvalue weighted by Gasteiger charge is 2.28. The highest BCUT2D eigenvalue weighted by Crippen LogP contribution is 2.28. The summed E-state index contributed by atoms with van der Waals surface area (Å²) in [5, 5.41) is 3.48. The second-order valence-electron chi connectivity index (χ2n) is 4.87. The van der Waals surface area contributed by atoms with Crippen LogP contribution in [0.3, 0.4) is 0 Å². The molecule has 0 bridgehead atoms. The molecule has 2 aromatic carbocycles. The first-order valence-corrected chi connectivity index (χ1v) is 7.05. The molecule has 1 N–H and O–H groups in total. The SMILES string of the molecule is COc1ccc(C(Nc2ccccc2)C2OCCO2)cc1. The van der Waals surface area contributed by atoms with Crippen molar-refractivity contribution in [3.63, 3.8) is 0 Å². The van der Waals surface area contributed by atoms with Crippen LogP contribution in [0.4, 0.5) is 5.69 Å². The third kappa shape index (κ3) is 3.35. The van der Waals surface area contributed by atoms with E-state index in [0.717, 1.165) is 17.0 Å². The van der Waals surface area contributed by atoms with Gasteiger partial charge >= 0.3 is 0 Å². The van der Waals surface area contributed by atoms with Crippen LogP contribution in [0.2, 0.25) is 0 Å². The van der Waals surface area contributed by atoms with Gasteiger partial charge in [0, 0.05) is 5.69 Å². The Kier molecular flexibility index (Phi) is 4.38. The van der Waals surface area contributed by atoms with Crippen molar-refractivity contribution in [1.82, 2.24) is 0 Å². The van der Waals surface area contributed by atoms with Crippen molar-refractivity contribution in [2.24, 2.45) is 0 Å². The number of anilines is 1. The summed E-state index contributed by atoms with van der Waals surface area (Å²) < 4.78 is 16.6. The molecule has 0 saturated carbocycles. The maximum atomic E-state index is 5.68. The lowest BCUT2D eigenvalue weighted by Gasteiger charge is -2.25. The zero-order valence-corrected chi connectivity index (χ0v) is 12.0. The Morgan fingerprint density at radius 3 is 2.29 bits per heavy atom. The summed E-state index contributed by atoms with van der Waals surface area (Å²) in [5.41, 5.74) is 2.14. The molecule has 0 aromatic heterocycles. The van der Waals surface area contributed by atoms with E-state index in [1.807, 2.05) is 54.6 Å². The van der Waals surface area contributed by atoms with Crippen LogP contribution in [0.1, 0.15) is 11.6 Å². The molecule has 1 fully saturated rings. The topological polar surface area (TPSA) is 39.7 Å². The molecule has 1 aliphatic rings. The van der Waals surface area contributed by atoms with Crippen LogP contribution < -0.4 is 10.1 Å². The van der Waals surface area contributed by atoms with E-state index in [0.29, 0.717) is 13.2 Å². The molecule has 0 amide bonds. The van der Waals surface area contributed by atoms with Crippen molar-refractivity contribution < 1.29 is 14.2 Å². The smallest absolute Gasteiger partial charge is 0.182 e. The van der Waals surface area contributed by atoms with Crippen molar-refractivity contribution in [3.05, 3.63) is 60.2 Å². The lowest BCUT2D eigenvalue weighted by atomic mass is 10.1. The first-order chi connectivity index (χ1) is 10.4. The molecule has 1 unspecified atom stereocenters. The van der Waals surface area contributed by atoms with E-state index in [1.54, 1.807) is 7.11 Å². The van der Waals surface area contributed by atoms with Gasteiger partial charge in [0.1, 0.15) is 11.8 Å². The second kappa shape index (κ2) is 6.61. The van der Waals surface area contributed by atoms with Gasteiger partial charge in [0.15, 0.2) is 6.29 Å². The molecule has 0 aliphatic carbocycles. The van der Waals surface area contributed by atoms with Crippen LogP contribution in [0.15, 0.2) is 54.6 Å². The molecule has 4 nitrogen and oxygen atoms in total. The normalized spacial score (nSPS) is 16.6. The van der Waals surface area contributed by atoms with Gasteiger partial charge in [0.25, 0.3) is 0 Å². The quantitative estimate of drug-likeness (QED) is 0.915. The molecule has 4 heteroatoms. The Bertz CT molecular complexity index is 550. The van der Waals surface area contributed by atoms with Gasteiger partial charge in [-0.1, -0.05) is 30.3 Å². The third-order valence-corrected chi connectivity index (χ3v) is 3.49. The van der Waals surface area contributed by atoms with Gasteiger partial charge in [-0.3, -0.25) is 0 Å². The van der Waals surface area contributed by atoms with Crippen molar-refractivity contribution in [2.75, 3.05) is 25.6 Å². The fraction of sp³-hybridized carbons (Fsp3) is 0.294. The van der Waals surface area contributed by atoms with Crippen molar-refractivity contribution in [3.8, 4) is 5.75 Å². The number of benzene rings is 2. The Hall–Kier alpha value is -2.04. The van der Waals surface area contributed by atoms with Crippen LogP contribution in [0.25, 0.3) is 0 Å². The Morgan fingerprint density at radius 2 is 1.67 bits per heavy atom. The minimum Gasteiger partial charge on any atom is -0.497 e. The van der Waals surface area contributed by atoms with Crippen LogP contribution in [0, 0.1) is 0 Å². The molecular formula is C17H19NO3. The minimum atomic E-state index is -0.279. The van der Waals surface area contributed by atoms with Gasteiger partial charge in [-0.25, -0.2) is 0 Å². The van der Waals surface area contributed by atoms with Gasteiger partial charge in [-0.05, 0) is 29.8 Å². The van der Waals surface area contributed by atoms with Crippen molar-refractivity contribution in [2.45, 2.75) is 12.3 Å². The van der Waals surface area contributed by atoms with E-state index in [-0.39, 0.29) is 12.3 Å². The Balaban J connectivity index is 1.84. The summed E-state index contributed by atoms with van der Waals surface area (Å²) in [6, 6.07) is 18.0. The molecule has 3 rings (SSSR count). The third-order valence-electron chi connectivity index (χ3n) is 3.49. The van der Waals surface area contributed by atoms with Crippen LogP contribution >= 0.6 is 0 Å². The van der Waals surface area contributed by atoms with Gasteiger partial charge < -0.3 is 19.5 Å². The molecule has 1 aliphatic heterocycles. The van der Waals surface area contributed by atoms with Crippen LogP contribution in [-0.2, 0) is 9.47 Å². The summed E-state index contributed by atoms with van der Waals surface area (Å²) in [4.78, 5) is 0. The number of hydrogen-bond acceptors (Lipinski definition) is 4. The van der Waals surface area contributed by atoms with Gasteiger partial charge in [-0.2, -0.15) is 0 Å². The second-order valence-corrected chi connectivity index (χ2v) is 4.87. The maximum Gasteiger partial charge on any atom is 0.182 e. The maximum absolute atomic E-state index is 5.68. The summed E-state index contributed by atoms with van der Waals surface area (Å²) in [5.74, 6) is 0.838. The number of rotatable bonds is 5. The number of methoxy groups -OCH3 is 1. The Morgan fingerprint density at radius 1 is 1.00 bits per heavy atom. The molecule has 1 heterocycles. The molecule has 21 heavy (non-hydrogen) atoms. The molecule has 0 radical (unpaired) electrons. The highest BCUT2D eigenvalue weighted by atomic mass is 16.7. The minimum absolute atomic E-state index is 0.0548. The first-order valence-electron chi connectivity index (χ1n) is 7.05. The van der Waals surface area contributed by atoms with E-state index >= 15 is 0 Å². The number of para-hydroxylation sites is 1. The highest BCUT2D eigenvalue weighted by molar-refractivity contribution is 5.46. The summed E-state index contributed by atoms with van der Waals surface area (Å²) in [6.07, 6.45) is -0.279. The van der Waals surface area contributed by atoms with Gasteiger partial charge in [-0.15, -0.1) is 0 Å². The zero-order chi connectivity index (χ0) is 14.5. The van der Waals surface area contributed by atoms with Crippen molar-refractivity contribution in [1.29, 1.82) is 0 Å². The standard InChI is InChI=1S/C17H19NO3/c1-19-15-9-7-13(8-10-15)16(17-20-11-12-21-17)18-14-5-3-2-4-6-14/h2-10,16-18H,11-12H2,1H3. The van der Waals surface area contributed by atoms with E-state index < -0.39 is 0 Å².